The van der Waals surface area contributed by atoms with Crippen molar-refractivity contribution >= 4 is 15.9 Å². The molecule has 8 heteroatoms. The van der Waals surface area contributed by atoms with E-state index in [0.717, 1.165) is 0 Å². The minimum atomic E-state index is -2.91. The molecule has 1 aromatic rings. The number of sulfone groups is 1. The van der Waals surface area contributed by atoms with Crippen LogP contribution in [0.5, 0.6) is 0 Å². The molecule has 0 saturated carbocycles. The van der Waals surface area contributed by atoms with Gasteiger partial charge in [-0.3, -0.25) is 0 Å². The van der Waals surface area contributed by atoms with Crippen LogP contribution in [0, 0.1) is 11.3 Å². The molecular weight excluding hydrogens is 316 g/mol. The van der Waals surface area contributed by atoms with Crippen molar-refractivity contribution in [1.29, 1.82) is 0 Å². The zero-order chi connectivity index (χ0) is 17.1. The van der Waals surface area contributed by atoms with Gasteiger partial charge in [0.2, 0.25) is 0 Å². The van der Waals surface area contributed by atoms with Crippen molar-refractivity contribution in [1.82, 2.24) is 20.2 Å². The van der Waals surface area contributed by atoms with E-state index in [4.69, 9.17) is 0 Å². The first-order chi connectivity index (χ1) is 10.7. The lowest BCUT2D eigenvalue weighted by Gasteiger charge is -2.32. The fourth-order valence-electron chi connectivity index (χ4n) is 2.62. The smallest absolute Gasteiger partial charge is 0.315 e. The van der Waals surface area contributed by atoms with Gasteiger partial charge in [0.25, 0.3) is 0 Å². The highest BCUT2D eigenvalue weighted by Crippen LogP contribution is 2.21. The quantitative estimate of drug-likeness (QED) is 0.836. The predicted molar refractivity (Wildman–Crippen MR) is 88.8 cm³/mol. The summed E-state index contributed by atoms with van der Waals surface area (Å²) in [4.78, 5) is 16.2. The van der Waals surface area contributed by atoms with Crippen LogP contribution in [0.25, 0.3) is 0 Å². The van der Waals surface area contributed by atoms with E-state index in [0.29, 0.717) is 19.5 Å². The SMILES string of the molecule is CC(C)(C)[C@H](Cn1ccnc1)NC(=O)NC[C@@H]1CCS(=O)(=O)C1. The van der Waals surface area contributed by atoms with Gasteiger partial charge in [-0.05, 0) is 17.8 Å². The topological polar surface area (TPSA) is 93.1 Å². The molecule has 23 heavy (non-hydrogen) atoms. The van der Waals surface area contributed by atoms with Crippen molar-refractivity contribution in [2.75, 3.05) is 18.1 Å². The number of carbonyl (C=O) groups excluding carboxylic acids is 1. The summed E-state index contributed by atoms with van der Waals surface area (Å²) in [5.41, 5.74) is -0.113. The van der Waals surface area contributed by atoms with Crippen LogP contribution in [-0.4, -0.2) is 48.1 Å². The van der Waals surface area contributed by atoms with Crippen molar-refractivity contribution in [3.8, 4) is 0 Å². The van der Waals surface area contributed by atoms with Crippen molar-refractivity contribution in [3.05, 3.63) is 18.7 Å². The molecular formula is C15H26N4O3S. The summed E-state index contributed by atoms with van der Waals surface area (Å²) in [5.74, 6) is 0.421. The van der Waals surface area contributed by atoms with Crippen LogP contribution >= 0.6 is 0 Å². The molecule has 2 rings (SSSR count). The number of urea groups is 1. The molecule has 0 aromatic carbocycles. The molecule has 1 aliphatic heterocycles. The van der Waals surface area contributed by atoms with E-state index in [9.17, 15) is 13.2 Å². The molecule has 0 aliphatic carbocycles. The second-order valence-corrected chi connectivity index (χ2v) is 9.53. The summed E-state index contributed by atoms with van der Waals surface area (Å²) in [5, 5.41) is 5.80. The van der Waals surface area contributed by atoms with Crippen LogP contribution in [0.15, 0.2) is 18.7 Å². The fraction of sp³-hybridized carbons (Fsp3) is 0.733. The molecule has 2 N–H and O–H groups in total. The van der Waals surface area contributed by atoms with Gasteiger partial charge in [-0.2, -0.15) is 0 Å². The molecule has 130 valence electrons. The number of nitrogens with zero attached hydrogens (tertiary/aromatic N) is 2. The fourth-order valence-corrected chi connectivity index (χ4v) is 4.48. The molecule has 0 bridgehead atoms. The predicted octanol–water partition coefficient (Wildman–Crippen LogP) is 1.03. The van der Waals surface area contributed by atoms with Gasteiger partial charge in [-0.25, -0.2) is 18.2 Å². The summed E-state index contributed by atoms with van der Waals surface area (Å²) < 4.78 is 24.8. The zero-order valence-electron chi connectivity index (χ0n) is 13.9. The van der Waals surface area contributed by atoms with E-state index in [2.05, 4.69) is 36.4 Å². The van der Waals surface area contributed by atoms with Gasteiger partial charge in [0.15, 0.2) is 9.84 Å². The molecule has 7 nitrogen and oxygen atoms in total. The Kier molecular flexibility index (Phi) is 5.33. The number of amides is 2. The molecule has 1 fully saturated rings. The first kappa shape index (κ1) is 17.8. The first-order valence-corrected chi connectivity index (χ1v) is 9.68. The molecule has 0 radical (unpaired) electrons. The Labute approximate surface area is 137 Å². The van der Waals surface area contributed by atoms with Crippen LogP contribution in [0.4, 0.5) is 4.79 Å². The lowest BCUT2D eigenvalue weighted by atomic mass is 9.86. The molecule has 0 spiro atoms. The third kappa shape index (κ3) is 5.53. The van der Waals surface area contributed by atoms with Crippen molar-refractivity contribution < 1.29 is 13.2 Å². The van der Waals surface area contributed by atoms with Crippen LogP contribution in [0.3, 0.4) is 0 Å². The lowest BCUT2D eigenvalue weighted by molar-refractivity contribution is 0.208. The van der Waals surface area contributed by atoms with E-state index in [-0.39, 0.29) is 34.9 Å². The van der Waals surface area contributed by atoms with Gasteiger partial charge in [0, 0.05) is 25.5 Å². The minimum absolute atomic E-state index is 0.0208. The average Bonchev–Trinajstić information content (AvgIpc) is 3.04. The third-order valence-corrected chi connectivity index (χ3v) is 6.02. The van der Waals surface area contributed by atoms with Crippen molar-refractivity contribution in [3.63, 3.8) is 0 Å². The average molecular weight is 342 g/mol. The lowest BCUT2D eigenvalue weighted by Crippen LogP contribution is -2.50. The standard InChI is InChI=1S/C15H26N4O3S/c1-15(2,3)13(9-19-6-5-16-11-19)18-14(20)17-8-12-4-7-23(21,22)10-12/h5-6,11-13H,4,7-10H2,1-3H3,(H2,17,18,20)/t12-,13-/m0/s1. The summed E-state index contributed by atoms with van der Waals surface area (Å²) in [6.07, 6.45) is 5.92. The second-order valence-electron chi connectivity index (χ2n) is 7.30. The number of imidazole rings is 1. The van der Waals surface area contributed by atoms with E-state index in [1.165, 1.54) is 0 Å². The van der Waals surface area contributed by atoms with E-state index in [1.54, 1.807) is 12.5 Å². The number of aromatic nitrogens is 2. The van der Waals surface area contributed by atoms with E-state index in [1.807, 2.05) is 10.8 Å². The maximum absolute atomic E-state index is 12.2. The molecule has 2 amide bonds. The largest absolute Gasteiger partial charge is 0.338 e. The van der Waals surface area contributed by atoms with Crippen LogP contribution < -0.4 is 10.6 Å². The first-order valence-electron chi connectivity index (χ1n) is 7.86. The maximum Gasteiger partial charge on any atom is 0.315 e. The highest BCUT2D eigenvalue weighted by Gasteiger charge is 2.29. The molecule has 2 heterocycles. The van der Waals surface area contributed by atoms with Crippen LogP contribution in [0.1, 0.15) is 27.2 Å². The number of carbonyl (C=O) groups is 1. The van der Waals surface area contributed by atoms with Gasteiger partial charge in [0.05, 0.1) is 23.9 Å². The van der Waals surface area contributed by atoms with Gasteiger partial charge < -0.3 is 15.2 Å². The molecule has 1 aromatic heterocycles. The number of nitrogens with one attached hydrogen (secondary N) is 2. The summed E-state index contributed by atoms with van der Waals surface area (Å²) >= 11 is 0. The number of hydrogen-bond acceptors (Lipinski definition) is 4. The number of hydrogen-bond donors (Lipinski definition) is 2. The Morgan fingerprint density at radius 2 is 2.17 bits per heavy atom. The van der Waals surface area contributed by atoms with E-state index >= 15 is 0 Å². The highest BCUT2D eigenvalue weighted by molar-refractivity contribution is 7.91. The second kappa shape index (κ2) is 6.90. The molecule has 0 unspecified atom stereocenters. The summed E-state index contributed by atoms with van der Waals surface area (Å²) in [6.45, 7) is 7.23. The molecule has 1 saturated heterocycles. The Hall–Kier alpha value is -1.57. The molecule has 2 atom stereocenters. The summed E-state index contributed by atoms with van der Waals surface area (Å²) in [6, 6.07) is -0.321. The van der Waals surface area contributed by atoms with Gasteiger partial charge in [-0.1, -0.05) is 20.8 Å². The van der Waals surface area contributed by atoms with Crippen molar-refractivity contribution in [2.24, 2.45) is 11.3 Å². The highest BCUT2D eigenvalue weighted by atomic mass is 32.2. The Bertz CT molecular complexity index is 620. The summed E-state index contributed by atoms with van der Waals surface area (Å²) in [7, 11) is -2.91. The van der Waals surface area contributed by atoms with Gasteiger partial charge in [0.1, 0.15) is 0 Å². The van der Waals surface area contributed by atoms with Gasteiger partial charge >= 0.3 is 6.03 Å². The van der Waals surface area contributed by atoms with Crippen LogP contribution in [-0.2, 0) is 16.4 Å². The Balaban J connectivity index is 1.85. The van der Waals surface area contributed by atoms with Crippen LogP contribution in [0.2, 0.25) is 0 Å². The minimum Gasteiger partial charge on any atom is -0.338 e. The van der Waals surface area contributed by atoms with Crippen molar-refractivity contribution in [2.45, 2.75) is 39.8 Å². The van der Waals surface area contributed by atoms with E-state index < -0.39 is 9.84 Å². The van der Waals surface area contributed by atoms with Gasteiger partial charge in [-0.15, -0.1) is 0 Å². The normalized spacial score (nSPS) is 21.8. The Morgan fingerprint density at radius 3 is 2.70 bits per heavy atom. The maximum atomic E-state index is 12.2. The number of rotatable bonds is 5. The molecule has 1 aliphatic rings. The monoisotopic (exact) mass is 342 g/mol. The third-order valence-electron chi connectivity index (χ3n) is 4.18. The Morgan fingerprint density at radius 1 is 1.43 bits per heavy atom. The zero-order valence-corrected chi connectivity index (χ0v) is 14.8.